The van der Waals surface area contributed by atoms with E-state index in [0.717, 1.165) is 19.4 Å². The largest absolute Gasteiger partial charge is 0.320 e. The standard InChI is InChI=1S/C10H19N3/c1-3-5-9-8-12-13-10(9)6-4-7-11-2/h8,11H,3-7H2,1-2H3,(H,12,13). The first-order valence-corrected chi connectivity index (χ1v) is 5.04. The molecule has 3 nitrogen and oxygen atoms in total. The van der Waals surface area contributed by atoms with Crippen molar-refractivity contribution in [1.29, 1.82) is 0 Å². The second kappa shape index (κ2) is 5.75. The summed E-state index contributed by atoms with van der Waals surface area (Å²) < 4.78 is 0. The van der Waals surface area contributed by atoms with Gasteiger partial charge in [0.2, 0.25) is 0 Å². The molecule has 0 unspecified atom stereocenters. The molecule has 1 aromatic rings. The molecule has 0 atom stereocenters. The predicted octanol–water partition coefficient (Wildman–Crippen LogP) is 1.51. The highest BCUT2D eigenvalue weighted by atomic mass is 15.1. The van der Waals surface area contributed by atoms with Gasteiger partial charge in [0.05, 0.1) is 6.20 Å². The lowest BCUT2D eigenvalue weighted by Crippen LogP contribution is -2.09. The normalized spacial score (nSPS) is 10.6. The third kappa shape index (κ3) is 3.19. The molecule has 0 bridgehead atoms. The van der Waals surface area contributed by atoms with Crippen molar-refractivity contribution in [3.63, 3.8) is 0 Å². The maximum atomic E-state index is 4.07. The SMILES string of the molecule is CCCc1cn[nH]c1CCCNC. The van der Waals surface area contributed by atoms with Crippen LogP contribution in [0.15, 0.2) is 6.20 Å². The molecular formula is C10H19N3. The number of hydrogen-bond acceptors (Lipinski definition) is 2. The van der Waals surface area contributed by atoms with Crippen molar-refractivity contribution in [2.45, 2.75) is 32.6 Å². The smallest absolute Gasteiger partial charge is 0.0522 e. The number of H-pyrrole nitrogens is 1. The Morgan fingerprint density at radius 1 is 1.46 bits per heavy atom. The van der Waals surface area contributed by atoms with Gasteiger partial charge in [-0.3, -0.25) is 5.10 Å². The summed E-state index contributed by atoms with van der Waals surface area (Å²) in [7, 11) is 1.99. The minimum Gasteiger partial charge on any atom is -0.320 e. The summed E-state index contributed by atoms with van der Waals surface area (Å²) in [6.07, 6.45) is 6.58. The lowest BCUT2D eigenvalue weighted by molar-refractivity contribution is 0.708. The highest BCUT2D eigenvalue weighted by molar-refractivity contribution is 5.16. The Kier molecular flexibility index (Phi) is 4.54. The summed E-state index contributed by atoms with van der Waals surface area (Å²) in [6.45, 7) is 3.27. The number of nitrogens with zero attached hydrogens (tertiary/aromatic N) is 1. The number of aryl methyl sites for hydroxylation is 2. The van der Waals surface area contributed by atoms with E-state index >= 15 is 0 Å². The van der Waals surface area contributed by atoms with Crippen LogP contribution in [0.1, 0.15) is 31.0 Å². The average molecular weight is 181 g/mol. The highest BCUT2D eigenvalue weighted by Crippen LogP contribution is 2.09. The molecular weight excluding hydrogens is 162 g/mol. The predicted molar refractivity (Wildman–Crippen MR) is 54.8 cm³/mol. The van der Waals surface area contributed by atoms with Crippen LogP contribution in [-0.2, 0) is 12.8 Å². The molecule has 2 N–H and O–H groups in total. The number of hydrogen-bond donors (Lipinski definition) is 2. The third-order valence-electron chi connectivity index (χ3n) is 2.18. The van der Waals surface area contributed by atoms with Crippen molar-refractivity contribution in [3.05, 3.63) is 17.5 Å². The Labute approximate surface area is 79.9 Å². The van der Waals surface area contributed by atoms with Gasteiger partial charge in [-0.2, -0.15) is 5.10 Å². The van der Waals surface area contributed by atoms with Gasteiger partial charge >= 0.3 is 0 Å². The van der Waals surface area contributed by atoms with Crippen LogP contribution in [0.2, 0.25) is 0 Å². The van der Waals surface area contributed by atoms with E-state index in [1.807, 2.05) is 13.2 Å². The van der Waals surface area contributed by atoms with Gasteiger partial charge in [-0.25, -0.2) is 0 Å². The van der Waals surface area contributed by atoms with Crippen LogP contribution in [0.5, 0.6) is 0 Å². The summed E-state index contributed by atoms with van der Waals surface area (Å²) in [5, 5.41) is 10.3. The fourth-order valence-corrected chi connectivity index (χ4v) is 1.48. The maximum absolute atomic E-state index is 4.07. The quantitative estimate of drug-likeness (QED) is 0.653. The van der Waals surface area contributed by atoms with E-state index in [1.54, 1.807) is 0 Å². The molecule has 0 spiro atoms. The molecule has 0 radical (unpaired) electrons. The summed E-state index contributed by atoms with van der Waals surface area (Å²) in [6, 6.07) is 0. The first-order chi connectivity index (χ1) is 6.38. The zero-order chi connectivity index (χ0) is 9.52. The monoisotopic (exact) mass is 181 g/mol. The van der Waals surface area contributed by atoms with Crippen molar-refractivity contribution in [3.8, 4) is 0 Å². The molecule has 0 aliphatic heterocycles. The van der Waals surface area contributed by atoms with E-state index in [2.05, 4.69) is 22.4 Å². The van der Waals surface area contributed by atoms with Crippen LogP contribution in [0.4, 0.5) is 0 Å². The molecule has 0 aliphatic rings. The fraction of sp³-hybridized carbons (Fsp3) is 0.700. The van der Waals surface area contributed by atoms with Crippen LogP contribution < -0.4 is 5.32 Å². The average Bonchev–Trinajstić information content (AvgIpc) is 2.54. The maximum Gasteiger partial charge on any atom is 0.0522 e. The molecule has 74 valence electrons. The zero-order valence-electron chi connectivity index (χ0n) is 8.56. The van der Waals surface area contributed by atoms with Gasteiger partial charge in [0.25, 0.3) is 0 Å². The van der Waals surface area contributed by atoms with Gasteiger partial charge in [0, 0.05) is 5.69 Å². The van der Waals surface area contributed by atoms with E-state index in [9.17, 15) is 0 Å². The lowest BCUT2D eigenvalue weighted by Gasteiger charge is -2.01. The Morgan fingerprint density at radius 3 is 3.00 bits per heavy atom. The molecule has 0 saturated carbocycles. The zero-order valence-corrected chi connectivity index (χ0v) is 8.56. The Balaban J connectivity index is 2.40. The number of rotatable bonds is 6. The van der Waals surface area contributed by atoms with Crippen LogP contribution >= 0.6 is 0 Å². The highest BCUT2D eigenvalue weighted by Gasteiger charge is 2.02. The molecule has 0 fully saturated rings. The second-order valence-corrected chi connectivity index (χ2v) is 3.33. The van der Waals surface area contributed by atoms with Crippen LogP contribution in [0.3, 0.4) is 0 Å². The molecule has 1 aromatic heterocycles. The molecule has 1 heterocycles. The number of aromatic nitrogens is 2. The molecule has 13 heavy (non-hydrogen) atoms. The van der Waals surface area contributed by atoms with E-state index < -0.39 is 0 Å². The van der Waals surface area contributed by atoms with Gasteiger partial charge in [-0.1, -0.05) is 13.3 Å². The van der Waals surface area contributed by atoms with E-state index in [-0.39, 0.29) is 0 Å². The molecule has 0 amide bonds. The molecule has 1 rings (SSSR count). The topological polar surface area (TPSA) is 40.7 Å². The lowest BCUT2D eigenvalue weighted by atomic mass is 10.1. The van der Waals surface area contributed by atoms with E-state index in [0.29, 0.717) is 0 Å². The first kappa shape index (κ1) is 10.3. The second-order valence-electron chi connectivity index (χ2n) is 3.33. The molecule has 3 heteroatoms. The van der Waals surface area contributed by atoms with Crippen LogP contribution in [0.25, 0.3) is 0 Å². The third-order valence-corrected chi connectivity index (χ3v) is 2.18. The summed E-state index contributed by atoms with van der Waals surface area (Å²) >= 11 is 0. The minimum absolute atomic E-state index is 1.07. The van der Waals surface area contributed by atoms with Gasteiger partial charge in [-0.15, -0.1) is 0 Å². The molecule has 0 aromatic carbocycles. The summed E-state index contributed by atoms with van der Waals surface area (Å²) in [5.41, 5.74) is 2.70. The number of nitrogens with one attached hydrogen (secondary N) is 2. The van der Waals surface area contributed by atoms with Crippen molar-refractivity contribution < 1.29 is 0 Å². The molecule has 0 aliphatic carbocycles. The van der Waals surface area contributed by atoms with Gasteiger partial charge in [0.15, 0.2) is 0 Å². The van der Waals surface area contributed by atoms with Crippen molar-refractivity contribution in [2.75, 3.05) is 13.6 Å². The van der Waals surface area contributed by atoms with E-state index in [1.165, 1.54) is 24.1 Å². The molecule has 0 saturated heterocycles. The van der Waals surface area contributed by atoms with Gasteiger partial charge in [0.1, 0.15) is 0 Å². The Hall–Kier alpha value is -0.830. The van der Waals surface area contributed by atoms with Crippen LogP contribution in [0, 0.1) is 0 Å². The van der Waals surface area contributed by atoms with Crippen molar-refractivity contribution in [1.82, 2.24) is 15.5 Å². The van der Waals surface area contributed by atoms with Gasteiger partial charge < -0.3 is 5.32 Å². The van der Waals surface area contributed by atoms with E-state index in [4.69, 9.17) is 0 Å². The number of aromatic amines is 1. The van der Waals surface area contributed by atoms with Crippen molar-refractivity contribution >= 4 is 0 Å². The minimum atomic E-state index is 1.07. The Bertz CT molecular complexity index is 230. The van der Waals surface area contributed by atoms with Crippen molar-refractivity contribution in [2.24, 2.45) is 0 Å². The Morgan fingerprint density at radius 2 is 2.31 bits per heavy atom. The first-order valence-electron chi connectivity index (χ1n) is 5.04. The summed E-state index contributed by atoms with van der Waals surface area (Å²) in [5.74, 6) is 0. The van der Waals surface area contributed by atoms with Gasteiger partial charge in [-0.05, 0) is 38.4 Å². The van der Waals surface area contributed by atoms with Crippen LogP contribution in [-0.4, -0.2) is 23.8 Å². The summed E-state index contributed by atoms with van der Waals surface area (Å²) in [4.78, 5) is 0. The fourth-order valence-electron chi connectivity index (χ4n) is 1.48.